The Balaban J connectivity index is 1.70. The van der Waals surface area contributed by atoms with Gasteiger partial charge >= 0.3 is 0 Å². The molecule has 3 rings (SSSR count). The predicted octanol–water partition coefficient (Wildman–Crippen LogP) is 6.27. The highest BCUT2D eigenvalue weighted by Gasteiger charge is 2.21. The zero-order valence-electron chi connectivity index (χ0n) is 17.2. The number of hydrogen-bond donors (Lipinski definition) is 1. The number of nitrogens with one attached hydrogen (secondary N) is 1. The maximum Gasteiger partial charge on any atom is 0.254 e. The van der Waals surface area contributed by atoms with Crippen LogP contribution in [0.5, 0.6) is 5.75 Å². The molecule has 0 radical (unpaired) electrons. The molecule has 4 nitrogen and oxygen atoms in total. The van der Waals surface area contributed by atoms with Crippen molar-refractivity contribution in [2.45, 2.75) is 37.8 Å². The van der Waals surface area contributed by atoms with E-state index in [1.165, 1.54) is 5.56 Å². The first-order valence-corrected chi connectivity index (χ1v) is 11.4. The summed E-state index contributed by atoms with van der Waals surface area (Å²) in [6.45, 7) is 3.75. The summed E-state index contributed by atoms with van der Waals surface area (Å²) < 4.78 is 5.19. The number of aryl methyl sites for hydroxylation is 1. The van der Waals surface area contributed by atoms with Crippen LogP contribution in [0.1, 0.15) is 41.6 Å². The molecule has 0 amide bonds. The maximum atomic E-state index is 12.5. The average Bonchev–Trinajstić information content (AvgIpc) is 2.73. The van der Waals surface area contributed by atoms with Gasteiger partial charge in [0.1, 0.15) is 5.75 Å². The molecular weight excluding hydrogens is 439 g/mol. The van der Waals surface area contributed by atoms with Crippen LogP contribution in [0.3, 0.4) is 0 Å². The van der Waals surface area contributed by atoms with E-state index in [0.717, 1.165) is 29.9 Å². The highest BCUT2D eigenvalue weighted by atomic mass is 35.5. The van der Waals surface area contributed by atoms with Crippen molar-refractivity contribution in [3.05, 3.63) is 85.2 Å². The number of aromatic nitrogens is 2. The highest BCUT2D eigenvalue weighted by Crippen LogP contribution is 2.35. The number of nitrogens with zero attached hydrogens (tertiary/aromatic N) is 1. The summed E-state index contributed by atoms with van der Waals surface area (Å²) in [6.07, 6.45) is 1.92. The van der Waals surface area contributed by atoms with Crippen molar-refractivity contribution in [2.75, 3.05) is 12.9 Å². The molecule has 0 bridgehead atoms. The number of hydrogen-bond acceptors (Lipinski definition) is 4. The summed E-state index contributed by atoms with van der Waals surface area (Å²) in [5, 5.41) is 1.76. The minimum atomic E-state index is -0.188. The van der Waals surface area contributed by atoms with E-state index in [-0.39, 0.29) is 11.5 Å². The van der Waals surface area contributed by atoms with E-state index in [1.54, 1.807) is 37.9 Å². The van der Waals surface area contributed by atoms with Crippen molar-refractivity contribution in [2.24, 2.45) is 0 Å². The van der Waals surface area contributed by atoms with Crippen LogP contribution in [0.2, 0.25) is 10.0 Å². The summed E-state index contributed by atoms with van der Waals surface area (Å²) in [5.74, 6) is 1.51. The van der Waals surface area contributed by atoms with Gasteiger partial charge in [0.15, 0.2) is 5.16 Å². The highest BCUT2D eigenvalue weighted by molar-refractivity contribution is 7.99. The number of benzene rings is 2. The number of rotatable bonds is 8. The van der Waals surface area contributed by atoms with Gasteiger partial charge in [-0.15, -0.1) is 0 Å². The summed E-state index contributed by atoms with van der Waals surface area (Å²) in [7, 11) is 1.66. The van der Waals surface area contributed by atoms with Crippen LogP contribution in [-0.2, 0) is 6.42 Å². The molecule has 30 heavy (non-hydrogen) atoms. The number of aromatic amines is 1. The van der Waals surface area contributed by atoms with E-state index in [1.807, 2.05) is 25.1 Å². The molecule has 0 aliphatic carbocycles. The zero-order valence-corrected chi connectivity index (χ0v) is 19.5. The number of ether oxygens (including phenoxy) is 1. The van der Waals surface area contributed by atoms with Gasteiger partial charge in [0, 0.05) is 27.3 Å². The molecule has 7 heteroatoms. The van der Waals surface area contributed by atoms with Gasteiger partial charge in [-0.3, -0.25) is 4.79 Å². The van der Waals surface area contributed by atoms with E-state index < -0.39 is 0 Å². The Morgan fingerprint density at radius 1 is 1.13 bits per heavy atom. The van der Waals surface area contributed by atoms with Crippen molar-refractivity contribution in [1.29, 1.82) is 0 Å². The second-order valence-corrected chi connectivity index (χ2v) is 8.94. The van der Waals surface area contributed by atoms with E-state index in [9.17, 15) is 4.79 Å². The fourth-order valence-electron chi connectivity index (χ4n) is 3.32. The van der Waals surface area contributed by atoms with Gasteiger partial charge in [-0.1, -0.05) is 60.1 Å². The number of H-pyrrole nitrogens is 1. The van der Waals surface area contributed by atoms with Crippen LogP contribution in [0.15, 0.2) is 52.4 Å². The molecular formula is C23H24Cl2N2O2S. The fraction of sp³-hybridized carbons (Fsp3) is 0.304. The third kappa shape index (κ3) is 5.39. The van der Waals surface area contributed by atoms with Crippen LogP contribution in [0, 0.1) is 6.92 Å². The van der Waals surface area contributed by atoms with Crippen molar-refractivity contribution >= 4 is 35.0 Å². The zero-order chi connectivity index (χ0) is 21.7. The lowest BCUT2D eigenvalue weighted by atomic mass is 9.95. The van der Waals surface area contributed by atoms with Gasteiger partial charge in [0.2, 0.25) is 0 Å². The summed E-state index contributed by atoms with van der Waals surface area (Å²) in [4.78, 5) is 20.1. The quantitative estimate of drug-likeness (QED) is 0.243. The molecule has 158 valence electrons. The Bertz CT molecular complexity index is 1050. The first-order valence-electron chi connectivity index (χ1n) is 9.71. The smallest absolute Gasteiger partial charge is 0.254 e. The van der Waals surface area contributed by atoms with Gasteiger partial charge < -0.3 is 9.72 Å². The van der Waals surface area contributed by atoms with Crippen LogP contribution in [0.4, 0.5) is 0 Å². The molecule has 1 heterocycles. The van der Waals surface area contributed by atoms with Crippen molar-refractivity contribution < 1.29 is 4.74 Å². The Morgan fingerprint density at radius 2 is 1.80 bits per heavy atom. The van der Waals surface area contributed by atoms with Crippen LogP contribution < -0.4 is 10.3 Å². The second kappa shape index (κ2) is 10.4. The molecule has 1 unspecified atom stereocenters. The van der Waals surface area contributed by atoms with Gasteiger partial charge in [0.05, 0.1) is 12.8 Å². The SMILES string of the molecule is COc1ccc(CCCSc2nc(C(C)c3c(Cl)cccc3Cl)c(C)c(=O)[nH]2)cc1. The standard InChI is InChI=1S/C23H24Cl2N2O2S/c1-14(20-18(24)7-4-8-19(20)25)21-15(2)22(28)27-23(26-21)30-13-5-6-16-9-11-17(29-3)12-10-16/h4,7-12,14H,5-6,13H2,1-3H3,(H,26,27,28). The van der Waals surface area contributed by atoms with Crippen molar-refractivity contribution in [1.82, 2.24) is 9.97 Å². The lowest BCUT2D eigenvalue weighted by Gasteiger charge is -2.17. The molecule has 3 aromatic rings. The Morgan fingerprint density at radius 3 is 2.43 bits per heavy atom. The van der Waals surface area contributed by atoms with E-state index in [2.05, 4.69) is 17.1 Å². The van der Waals surface area contributed by atoms with Gasteiger partial charge in [-0.05, 0) is 55.2 Å². The minimum absolute atomic E-state index is 0.132. The Kier molecular flexibility index (Phi) is 7.87. The van der Waals surface area contributed by atoms with Gasteiger partial charge in [-0.25, -0.2) is 4.98 Å². The summed E-state index contributed by atoms with van der Waals surface area (Å²) in [6, 6.07) is 13.5. The molecule has 0 fully saturated rings. The molecule has 1 atom stereocenters. The number of methoxy groups -OCH3 is 1. The Labute approximate surface area is 191 Å². The molecule has 0 saturated heterocycles. The van der Waals surface area contributed by atoms with Crippen molar-refractivity contribution in [3.63, 3.8) is 0 Å². The topological polar surface area (TPSA) is 55.0 Å². The normalized spacial score (nSPS) is 12.0. The third-order valence-electron chi connectivity index (χ3n) is 5.02. The molecule has 1 aromatic heterocycles. The van der Waals surface area contributed by atoms with E-state index >= 15 is 0 Å². The number of halogens is 2. The minimum Gasteiger partial charge on any atom is -0.497 e. The monoisotopic (exact) mass is 462 g/mol. The summed E-state index contributed by atoms with van der Waals surface area (Å²) in [5.41, 5.74) is 3.20. The molecule has 1 N–H and O–H groups in total. The average molecular weight is 463 g/mol. The first kappa shape index (κ1) is 22.7. The van der Waals surface area contributed by atoms with E-state index in [0.29, 0.717) is 26.5 Å². The molecule has 0 saturated carbocycles. The number of thioether (sulfide) groups is 1. The Hall–Kier alpha value is -1.95. The lowest BCUT2D eigenvalue weighted by molar-refractivity contribution is 0.414. The van der Waals surface area contributed by atoms with Crippen molar-refractivity contribution in [3.8, 4) is 5.75 Å². The largest absolute Gasteiger partial charge is 0.497 e. The molecule has 2 aromatic carbocycles. The maximum absolute atomic E-state index is 12.5. The predicted molar refractivity (Wildman–Crippen MR) is 126 cm³/mol. The van der Waals surface area contributed by atoms with Gasteiger partial charge in [-0.2, -0.15) is 0 Å². The van der Waals surface area contributed by atoms with Crippen LogP contribution >= 0.6 is 35.0 Å². The second-order valence-electron chi connectivity index (χ2n) is 7.04. The summed E-state index contributed by atoms with van der Waals surface area (Å²) >= 11 is 14.3. The van der Waals surface area contributed by atoms with E-state index in [4.69, 9.17) is 32.9 Å². The molecule has 0 aliphatic heterocycles. The van der Waals surface area contributed by atoms with Gasteiger partial charge in [0.25, 0.3) is 5.56 Å². The van der Waals surface area contributed by atoms with Crippen LogP contribution in [0.25, 0.3) is 0 Å². The molecule has 0 spiro atoms. The fourth-order valence-corrected chi connectivity index (χ4v) is 4.85. The molecule has 0 aliphatic rings. The van der Waals surface area contributed by atoms with Crippen LogP contribution in [-0.4, -0.2) is 22.8 Å². The lowest BCUT2D eigenvalue weighted by Crippen LogP contribution is -2.18. The first-order chi connectivity index (χ1) is 14.4. The third-order valence-corrected chi connectivity index (χ3v) is 6.64.